The molecule has 146 valence electrons. The molecule has 1 aliphatic heterocycles. The molecule has 0 unspecified atom stereocenters. The van der Waals surface area contributed by atoms with Crippen LogP contribution in [-0.2, 0) is 19.1 Å². The van der Waals surface area contributed by atoms with Gasteiger partial charge in [-0.2, -0.15) is 0 Å². The van der Waals surface area contributed by atoms with Crippen LogP contribution < -0.4 is 16.0 Å². The summed E-state index contributed by atoms with van der Waals surface area (Å²) in [5, 5.41) is 10.0. The first kappa shape index (κ1) is 21.8. The molecule has 0 bridgehead atoms. The van der Waals surface area contributed by atoms with Gasteiger partial charge >= 0.3 is 11.9 Å². The summed E-state index contributed by atoms with van der Waals surface area (Å²) in [6.45, 7) is 11.8. The van der Waals surface area contributed by atoms with Crippen molar-refractivity contribution >= 4 is 11.9 Å². The Balaban J connectivity index is 2.81. The summed E-state index contributed by atoms with van der Waals surface area (Å²) in [6.07, 6.45) is -0.00698. The maximum Gasteiger partial charge on any atom is 0.324 e. The third kappa shape index (κ3) is 9.74. The van der Waals surface area contributed by atoms with Gasteiger partial charge < -0.3 is 25.4 Å². The number of nitrogens with one attached hydrogen (secondary N) is 3. The summed E-state index contributed by atoms with van der Waals surface area (Å²) < 4.78 is 10.3. The molecular formula is C17H34N4O4. The lowest BCUT2D eigenvalue weighted by molar-refractivity contribution is -0.165. The molecule has 0 aliphatic carbocycles. The van der Waals surface area contributed by atoms with Crippen LogP contribution >= 0.6 is 0 Å². The van der Waals surface area contributed by atoms with E-state index in [-0.39, 0.29) is 12.4 Å². The summed E-state index contributed by atoms with van der Waals surface area (Å²) in [5.41, 5.74) is -0.597. The monoisotopic (exact) mass is 358 g/mol. The van der Waals surface area contributed by atoms with E-state index in [0.29, 0.717) is 13.1 Å². The average Bonchev–Trinajstić information content (AvgIpc) is 2.51. The summed E-state index contributed by atoms with van der Waals surface area (Å²) in [5.74, 6) is -0.793. The Morgan fingerprint density at radius 3 is 1.88 bits per heavy atom. The van der Waals surface area contributed by atoms with Gasteiger partial charge in [-0.3, -0.25) is 14.5 Å². The van der Waals surface area contributed by atoms with Crippen LogP contribution in [0.3, 0.4) is 0 Å². The molecule has 1 saturated heterocycles. The first-order chi connectivity index (χ1) is 11.8. The number of esters is 2. The molecule has 1 aliphatic rings. The normalized spacial score (nSPS) is 20.0. The fraction of sp³-hybridized carbons (Fsp3) is 0.882. The highest BCUT2D eigenvalue weighted by atomic mass is 16.6. The van der Waals surface area contributed by atoms with Gasteiger partial charge in [-0.15, -0.1) is 0 Å². The smallest absolute Gasteiger partial charge is 0.324 e. The van der Waals surface area contributed by atoms with Crippen molar-refractivity contribution in [2.75, 3.05) is 59.5 Å². The molecule has 0 aromatic heterocycles. The third-order valence-corrected chi connectivity index (χ3v) is 3.82. The maximum atomic E-state index is 12.7. The number of hydrogen-bond donors (Lipinski definition) is 3. The van der Waals surface area contributed by atoms with Crippen LogP contribution in [0.25, 0.3) is 0 Å². The summed E-state index contributed by atoms with van der Waals surface area (Å²) >= 11 is 0. The fourth-order valence-corrected chi connectivity index (χ4v) is 2.57. The predicted molar refractivity (Wildman–Crippen MR) is 96.4 cm³/mol. The van der Waals surface area contributed by atoms with E-state index in [1.807, 2.05) is 25.7 Å². The van der Waals surface area contributed by atoms with Crippen LogP contribution in [0.15, 0.2) is 0 Å². The molecule has 1 rings (SSSR count). The number of ether oxygens (including phenoxy) is 2. The Labute approximate surface area is 151 Å². The molecule has 0 spiro atoms. The quantitative estimate of drug-likeness (QED) is 0.571. The topological polar surface area (TPSA) is 91.9 Å². The molecule has 1 atom stereocenters. The van der Waals surface area contributed by atoms with Gasteiger partial charge in [0.15, 0.2) is 0 Å². The van der Waals surface area contributed by atoms with E-state index in [2.05, 4.69) is 16.0 Å². The van der Waals surface area contributed by atoms with Crippen LogP contribution in [0.5, 0.6) is 0 Å². The second-order valence-electron chi connectivity index (χ2n) is 7.12. The zero-order chi connectivity index (χ0) is 18.7. The number of methoxy groups -OCH3 is 1. The zero-order valence-corrected chi connectivity index (χ0v) is 16.0. The zero-order valence-electron chi connectivity index (χ0n) is 16.0. The van der Waals surface area contributed by atoms with Gasteiger partial charge in [0.05, 0.1) is 13.5 Å². The largest absolute Gasteiger partial charge is 0.469 e. The number of hydrogen-bond acceptors (Lipinski definition) is 8. The standard InChI is InChI=1S/C17H34N4O4/c1-17(2,3)25-16(23)14(13-15(22)24-4)21-11-9-19-7-5-18-6-8-20-10-12-21/h14,18-20H,5-13H2,1-4H3/t14-/m1/s1. The fourth-order valence-electron chi connectivity index (χ4n) is 2.57. The van der Waals surface area contributed by atoms with Crippen LogP contribution in [0.2, 0.25) is 0 Å². The molecule has 1 heterocycles. The van der Waals surface area contributed by atoms with Crippen LogP contribution in [0, 0.1) is 0 Å². The van der Waals surface area contributed by atoms with Crippen molar-refractivity contribution in [3.8, 4) is 0 Å². The highest BCUT2D eigenvalue weighted by molar-refractivity contribution is 5.83. The lowest BCUT2D eigenvalue weighted by Crippen LogP contribution is -2.50. The van der Waals surface area contributed by atoms with Crippen molar-refractivity contribution in [2.24, 2.45) is 0 Å². The lowest BCUT2D eigenvalue weighted by Gasteiger charge is -2.32. The van der Waals surface area contributed by atoms with Gasteiger partial charge in [0.1, 0.15) is 11.6 Å². The van der Waals surface area contributed by atoms with Crippen LogP contribution in [0.4, 0.5) is 0 Å². The number of nitrogens with zero attached hydrogens (tertiary/aromatic N) is 1. The minimum atomic E-state index is -0.642. The van der Waals surface area contributed by atoms with Crippen molar-refractivity contribution < 1.29 is 19.1 Å². The van der Waals surface area contributed by atoms with Gasteiger partial charge in [-0.25, -0.2) is 0 Å². The number of carbonyl (C=O) groups is 2. The molecule has 8 heteroatoms. The average molecular weight is 358 g/mol. The minimum Gasteiger partial charge on any atom is -0.469 e. The molecule has 0 aromatic rings. The van der Waals surface area contributed by atoms with E-state index in [1.165, 1.54) is 7.11 Å². The number of carbonyl (C=O) groups excluding carboxylic acids is 2. The summed E-state index contributed by atoms with van der Waals surface area (Å²) in [6, 6.07) is -0.642. The van der Waals surface area contributed by atoms with Gasteiger partial charge in [0.2, 0.25) is 0 Å². The van der Waals surface area contributed by atoms with E-state index in [1.54, 1.807) is 0 Å². The van der Waals surface area contributed by atoms with Crippen LogP contribution in [-0.4, -0.2) is 87.9 Å². The Morgan fingerprint density at radius 2 is 1.44 bits per heavy atom. The highest BCUT2D eigenvalue weighted by Crippen LogP contribution is 2.14. The van der Waals surface area contributed by atoms with Crippen molar-refractivity contribution in [3.63, 3.8) is 0 Å². The summed E-state index contributed by atoms with van der Waals surface area (Å²) in [4.78, 5) is 26.5. The highest BCUT2D eigenvalue weighted by Gasteiger charge is 2.32. The SMILES string of the molecule is COC(=O)C[C@H](C(=O)OC(C)(C)C)N1CCNCCNCCNCC1. The third-order valence-electron chi connectivity index (χ3n) is 3.82. The Morgan fingerprint density at radius 1 is 0.960 bits per heavy atom. The Kier molecular flexibility index (Phi) is 9.96. The second-order valence-corrected chi connectivity index (χ2v) is 7.12. The van der Waals surface area contributed by atoms with Crippen molar-refractivity contribution in [1.82, 2.24) is 20.9 Å². The summed E-state index contributed by atoms with van der Waals surface area (Å²) in [7, 11) is 1.33. The Bertz CT molecular complexity index is 400. The molecule has 8 nitrogen and oxygen atoms in total. The first-order valence-corrected chi connectivity index (χ1v) is 8.99. The van der Waals surface area contributed by atoms with Crippen molar-refractivity contribution in [3.05, 3.63) is 0 Å². The van der Waals surface area contributed by atoms with E-state index >= 15 is 0 Å². The second kappa shape index (κ2) is 11.4. The van der Waals surface area contributed by atoms with E-state index in [9.17, 15) is 9.59 Å². The van der Waals surface area contributed by atoms with Gasteiger partial charge in [-0.1, -0.05) is 0 Å². The number of rotatable bonds is 4. The molecule has 1 fully saturated rings. The maximum absolute atomic E-state index is 12.7. The molecule has 0 aromatic carbocycles. The Hall–Kier alpha value is -1.22. The van der Waals surface area contributed by atoms with E-state index in [0.717, 1.165) is 39.3 Å². The van der Waals surface area contributed by atoms with Crippen molar-refractivity contribution in [1.29, 1.82) is 0 Å². The lowest BCUT2D eigenvalue weighted by atomic mass is 10.1. The van der Waals surface area contributed by atoms with Crippen LogP contribution in [0.1, 0.15) is 27.2 Å². The molecule has 0 saturated carbocycles. The van der Waals surface area contributed by atoms with Gasteiger partial charge in [-0.05, 0) is 20.8 Å². The van der Waals surface area contributed by atoms with Crippen molar-refractivity contribution in [2.45, 2.75) is 38.8 Å². The molecule has 3 N–H and O–H groups in total. The molecule has 0 amide bonds. The molecular weight excluding hydrogens is 324 g/mol. The first-order valence-electron chi connectivity index (χ1n) is 8.99. The molecule has 0 radical (unpaired) electrons. The predicted octanol–water partition coefficient (Wildman–Crippen LogP) is -0.656. The van der Waals surface area contributed by atoms with E-state index < -0.39 is 17.6 Å². The van der Waals surface area contributed by atoms with Gasteiger partial charge in [0, 0.05) is 52.4 Å². The van der Waals surface area contributed by atoms with Gasteiger partial charge in [0.25, 0.3) is 0 Å². The minimum absolute atomic E-state index is 0.00698. The van der Waals surface area contributed by atoms with E-state index in [4.69, 9.17) is 9.47 Å². The molecule has 25 heavy (non-hydrogen) atoms.